The van der Waals surface area contributed by atoms with Crippen LogP contribution in [0.15, 0.2) is 24.3 Å². The Kier molecular flexibility index (Phi) is 6.55. The van der Waals surface area contributed by atoms with E-state index >= 15 is 0 Å². The summed E-state index contributed by atoms with van der Waals surface area (Å²) in [4.78, 5) is 13.0. The fourth-order valence-electron chi connectivity index (χ4n) is 4.30. The van der Waals surface area contributed by atoms with E-state index in [1.807, 2.05) is 24.3 Å². The molecule has 29 heavy (non-hydrogen) atoms. The van der Waals surface area contributed by atoms with Gasteiger partial charge in [-0.25, -0.2) is 0 Å². The molecule has 2 aliphatic rings. The van der Waals surface area contributed by atoms with E-state index in [9.17, 15) is 13.2 Å². The van der Waals surface area contributed by atoms with Gasteiger partial charge in [-0.3, -0.25) is 4.79 Å². The highest BCUT2D eigenvalue weighted by atomic mass is 32.2. The molecule has 0 saturated carbocycles. The minimum Gasteiger partial charge on any atom is -0.487 e. The molecular formula is C21H33N3O4S. The zero-order valence-corrected chi connectivity index (χ0v) is 18.7. The highest BCUT2D eigenvalue weighted by Gasteiger charge is 2.40. The lowest BCUT2D eigenvalue weighted by atomic mass is 9.83. The second-order valence-electron chi connectivity index (χ2n) is 8.26. The SMILES string of the molecule is CCC1(CC)CC(NC(=O)C2CCN(S(=O)(=O)N(C)C)CC2)c2ccccc2O1. The van der Waals surface area contributed by atoms with Crippen molar-refractivity contribution < 1.29 is 17.9 Å². The van der Waals surface area contributed by atoms with E-state index in [4.69, 9.17) is 4.74 Å². The first-order valence-corrected chi connectivity index (χ1v) is 11.9. The summed E-state index contributed by atoms with van der Waals surface area (Å²) in [6, 6.07) is 7.83. The summed E-state index contributed by atoms with van der Waals surface area (Å²) in [5, 5.41) is 3.25. The molecule has 1 aromatic rings. The van der Waals surface area contributed by atoms with Gasteiger partial charge >= 0.3 is 0 Å². The Morgan fingerprint density at radius 1 is 1.21 bits per heavy atom. The van der Waals surface area contributed by atoms with E-state index in [0.717, 1.165) is 30.6 Å². The molecule has 0 radical (unpaired) electrons. The quantitative estimate of drug-likeness (QED) is 0.763. The Balaban J connectivity index is 1.69. The molecule has 7 nitrogen and oxygen atoms in total. The second kappa shape index (κ2) is 8.62. The summed E-state index contributed by atoms with van der Waals surface area (Å²) in [6.07, 6.45) is 3.58. The molecule has 1 saturated heterocycles. The number of hydrogen-bond acceptors (Lipinski definition) is 4. The van der Waals surface area contributed by atoms with Gasteiger partial charge in [-0.15, -0.1) is 0 Å². The zero-order chi connectivity index (χ0) is 21.2. The zero-order valence-electron chi connectivity index (χ0n) is 17.8. The van der Waals surface area contributed by atoms with Gasteiger partial charge in [0.25, 0.3) is 10.2 Å². The third-order valence-corrected chi connectivity index (χ3v) is 8.36. The number of nitrogens with one attached hydrogen (secondary N) is 1. The molecule has 0 aromatic heterocycles. The van der Waals surface area contributed by atoms with E-state index in [-0.39, 0.29) is 23.5 Å². The van der Waals surface area contributed by atoms with Gasteiger partial charge in [-0.2, -0.15) is 17.0 Å². The lowest BCUT2D eigenvalue weighted by Crippen LogP contribution is -2.49. The number of amides is 1. The lowest BCUT2D eigenvalue weighted by Gasteiger charge is -2.42. The van der Waals surface area contributed by atoms with Crippen molar-refractivity contribution in [1.29, 1.82) is 0 Å². The van der Waals surface area contributed by atoms with Crippen LogP contribution in [0.2, 0.25) is 0 Å². The highest BCUT2D eigenvalue weighted by molar-refractivity contribution is 7.86. The molecule has 2 aliphatic heterocycles. The third kappa shape index (κ3) is 4.44. The monoisotopic (exact) mass is 423 g/mol. The minimum absolute atomic E-state index is 0.00899. The number of para-hydroxylation sites is 1. The molecule has 162 valence electrons. The average molecular weight is 424 g/mol. The normalized spacial score (nSPS) is 22.7. The molecule has 1 unspecified atom stereocenters. The smallest absolute Gasteiger partial charge is 0.281 e. The Morgan fingerprint density at radius 2 is 1.83 bits per heavy atom. The number of fused-ring (bicyclic) bond motifs is 1. The Morgan fingerprint density at radius 3 is 2.41 bits per heavy atom. The van der Waals surface area contributed by atoms with Crippen LogP contribution in [0.5, 0.6) is 5.75 Å². The van der Waals surface area contributed by atoms with Crippen LogP contribution in [0.25, 0.3) is 0 Å². The molecule has 3 rings (SSSR count). The number of nitrogens with zero attached hydrogens (tertiary/aromatic N) is 2. The first kappa shape index (κ1) is 22.1. The summed E-state index contributed by atoms with van der Waals surface area (Å²) in [5.74, 6) is 0.686. The largest absolute Gasteiger partial charge is 0.487 e. The first-order valence-electron chi connectivity index (χ1n) is 10.5. The minimum atomic E-state index is -3.42. The van der Waals surface area contributed by atoms with Gasteiger partial charge in [-0.05, 0) is 31.7 Å². The topological polar surface area (TPSA) is 79.0 Å². The predicted octanol–water partition coefficient (Wildman–Crippen LogP) is 2.70. The Hall–Kier alpha value is -1.64. The molecule has 8 heteroatoms. The van der Waals surface area contributed by atoms with Crippen molar-refractivity contribution in [2.75, 3.05) is 27.2 Å². The lowest BCUT2D eigenvalue weighted by molar-refractivity contribution is -0.127. The molecule has 0 bridgehead atoms. The van der Waals surface area contributed by atoms with Crippen LogP contribution >= 0.6 is 0 Å². The second-order valence-corrected chi connectivity index (χ2v) is 10.4. The van der Waals surface area contributed by atoms with Crippen LogP contribution in [0.3, 0.4) is 0 Å². The van der Waals surface area contributed by atoms with Gasteiger partial charge in [0.1, 0.15) is 11.4 Å². The van der Waals surface area contributed by atoms with Crippen molar-refractivity contribution in [3.63, 3.8) is 0 Å². The van der Waals surface area contributed by atoms with E-state index in [0.29, 0.717) is 25.9 Å². The van der Waals surface area contributed by atoms with E-state index < -0.39 is 10.2 Å². The van der Waals surface area contributed by atoms with Gasteiger partial charge in [-0.1, -0.05) is 32.0 Å². The van der Waals surface area contributed by atoms with Gasteiger partial charge in [0, 0.05) is 45.1 Å². The molecule has 0 aliphatic carbocycles. The van der Waals surface area contributed by atoms with Gasteiger partial charge in [0.05, 0.1) is 6.04 Å². The standard InChI is InChI=1S/C21H33N3O4S/c1-5-21(6-2)15-18(17-9-7-8-10-19(17)28-21)22-20(25)16-11-13-24(14-12-16)29(26,27)23(3)4/h7-10,16,18H,5-6,11-15H2,1-4H3,(H,22,25). The van der Waals surface area contributed by atoms with Crippen molar-refractivity contribution in [2.24, 2.45) is 5.92 Å². The molecule has 1 atom stereocenters. The van der Waals surface area contributed by atoms with Crippen LogP contribution in [-0.2, 0) is 15.0 Å². The number of hydrogen-bond donors (Lipinski definition) is 1. The maximum Gasteiger partial charge on any atom is 0.281 e. The molecule has 1 fully saturated rings. The van der Waals surface area contributed by atoms with E-state index in [1.165, 1.54) is 22.7 Å². The van der Waals surface area contributed by atoms with E-state index in [2.05, 4.69) is 19.2 Å². The van der Waals surface area contributed by atoms with Crippen molar-refractivity contribution >= 4 is 16.1 Å². The average Bonchev–Trinajstić information content (AvgIpc) is 2.73. The predicted molar refractivity (Wildman–Crippen MR) is 113 cm³/mol. The summed E-state index contributed by atoms with van der Waals surface area (Å²) >= 11 is 0. The number of benzene rings is 1. The van der Waals surface area contributed by atoms with Gasteiger partial charge in [0.2, 0.25) is 5.91 Å². The highest BCUT2D eigenvalue weighted by Crippen LogP contribution is 2.42. The van der Waals surface area contributed by atoms with Crippen molar-refractivity contribution in [3.8, 4) is 5.75 Å². The molecule has 1 N–H and O–H groups in total. The number of ether oxygens (including phenoxy) is 1. The number of carbonyl (C=O) groups is 1. The summed E-state index contributed by atoms with van der Waals surface area (Å²) < 4.78 is 33.6. The van der Waals surface area contributed by atoms with Crippen molar-refractivity contribution in [3.05, 3.63) is 29.8 Å². The van der Waals surface area contributed by atoms with Crippen LogP contribution in [0.4, 0.5) is 0 Å². The Labute approximate surface area is 174 Å². The number of carbonyl (C=O) groups excluding carboxylic acids is 1. The van der Waals surface area contributed by atoms with Crippen molar-refractivity contribution in [2.45, 2.75) is 57.6 Å². The van der Waals surface area contributed by atoms with Crippen LogP contribution in [0, 0.1) is 5.92 Å². The molecule has 1 amide bonds. The van der Waals surface area contributed by atoms with E-state index in [1.54, 1.807) is 0 Å². The third-order valence-electron chi connectivity index (χ3n) is 6.41. The fraction of sp³-hybridized carbons (Fsp3) is 0.667. The first-order chi connectivity index (χ1) is 13.7. The molecule has 2 heterocycles. The number of piperidine rings is 1. The molecule has 1 aromatic carbocycles. The van der Waals surface area contributed by atoms with Crippen LogP contribution in [0.1, 0.15) is 57.6 Å². The van der Waals surface area contributed by atoms with Gasteiger partial charge < -0.3 is 10.1 Å². The Bertz CT molecular complexity index is 828. The summed E-state index contributed by atoms with van der Waals surface area (Å²) in [5.41, 5.74) is 0.751. The molecular weight excluding hydrogens is 390 g/mol. The van der Waals surface area contributed by atoms with Crippen LogP contribution < -0.4 is 10.1 Å². The maximum atomic E-state index is 13.0. The summed E-state index contributed by atoms with van der Waals surface area (Å²) in [6.45, 7) is 4.99. The van der Waals surface area contributed by atoms with Gasteiger partial charge in [0.15, 0.2) is 0 Å². The van der Waals surface area contributed by atoms with Crippen molar-refractivity contribution in [1.82, 2.24) is 13.9 Å². The number of rotatable bonds is 6. The summed E-state index contributed by atoms with van der Waals surface area (Å²) in [7, 11) is -0.356. The molecule has 0 spiro atoms. The van der Waals surface area contributed by atoms with Crippen LogP contribution in [-0.4, -0.2) is 55.7 Å². The maximum absolute atomic E-state index is 13.0. The fourth-order valence-corrected chi connectivity index (χ4v) is 5.43.